The van der Waals surface area contributed by atoms with Crippen molar-refractivity contribution in [1.82, 2.24) is 25.6 Å². The van der Waals surface area contributed by atoms with Crippen LogP contribution in [-0.2, 0) is 9.53 Å². The van der Waals surface area contributed by atoms with Crippen molar-refractivity contribution in [2.75, 3.05) is 20.2 Å². The Bertz CT molecular complexity index is 762. The Morgan fingerprint density at radius 1 is 1.29 bits per heavy atom. The van der Waals surface area contributed by atoms with Crippen LogP contribution in [0.15, 0.2) is 36.5 Å². The Hall–Kier alpha value is -2.45. The summed E-state index contributed by atoms with van der Waals surface area (Å²) < 4.78 is 6.49. The molecule has 1 aromatic carbocycles. The number of ether oxygens (including phenoxy) is 1. The second-order valence-electron chi connectivity index (χ2n) is 6.62. The number of amides is 1. The van der Waals surface area contributed by atoms with Crippen molar-refractivity contribution in [3.63, 3.8) is 0 Å². The third kappa shape index (κ3) is 5.77. The Labute approximate surface area is 170 Å². The van der Waals surface area contributed by atoms with E-state index in [-0.39, 0.29) is 48.5 Å². The largest absolute Gasteiger partial charge is 0.469 e. The molecule has 152 valence electrons. The molecule has 2 N–H and O–H groups in total. The molecule has 28 heavy (non-hydrogen) atoms. The highest BCUT2D eigenvalue weighted by Crippen LogP contribution is 2.20. The molecule has 1 atom stereocenters. The third-order valence-electron chi connectivity index (χ3n) is 4.80. The number of benzene rings is 1. The molecule has 0 aliphatic carbocycles. The lowest BCUT2D eigenvalue weighted by molar-refractivity contribution is -0.140. The van der Waals surface area contributed by atoms with Gasteiger partial charge in [0.05, 0.1) is 25.4 Å². The SMILES string of the molecule is COC(=O)CCC(NC(=O)c1cn(C2CCNCC2)nn1)c1ccccc1.Cl. The Morgan fingerprint density at radius 2 is 2.00 bits per heavy atom. The topological polar surface area (TPSA) is 98.1 Å². The average Bonchev–Trinajstić information content (AvgIpc) is 3.22. The zero-order chi connectivity index (χ0) is 19.1. The summed E-state index contributed by atoms with van der Waals surface area (Å²) in [6.07, 6.45) is 4.31. The zero-order valence-corrected chi connectivity index (χ0v) is 16.7. The van der Waals surface area contributed by atoms with Crippen molar-refractivity contribution < 1.29 is 14.3 Å². The zero-order valence-electron chi connectivity index (χ0n) is 15.8. The number of esters is 1. The van der Waals surface area contributed by atoms with Crippen LogP contribution in [0.2, 0.25) is 0 Å². The molecular weight excluding hydrogens is 382 g/mol. The number of methoxy groups -OCH3 is 1. The van der Waals surface area contributed by atoms with Crippen molar-refractivity contribution in [3.8, 4) is 0 Å². The summed E-state index contributed by atoms with van der Waals surface area (Å²) in [5.74, 6) is -0.601. The average molecular weight is 408 g/mol. The van der Waals surface area contributed by atoms with E-state index in [0.717, 1.165) is 31.5 Å². The van der Waals surface area contributed by atoms with Gasteiger partial charge >= 0.3 is 5.97 Å². The number of aromatic nitrogens is 3. The van der Waals surface area contributed by atoms with Gasteiger partial charge in [0.25, 0.3) is 5.91 Å². The standard InChI is InChI=1S/C19H25N5O3.ClH/c1-27-18(25)8-7-16(14-5-3-2-4-6-14)21-19(26)17-13-24(23-22-17)15-9-11-20-12-10-15;/h2-6,13,15-16,20H,7-12H2,1H3,(H,21,26);1H. The summed E-state index contributed by atoms with van der Waals surface area (Å²) in [5.41, 5.74) is 1.22. The molecular formula is C19H26ClN5O3. The van der Waals surface area contributed by atoms with Crippen LogP contribution >= 0.6 is 12.4 Å². The molecule has 9 heteroatoms. The highest BCUT2D eigenvalue weighted by molar-refractivity contribution is 5.92. The number of carbonyl (C=O) groups is 2. The van der Waals surface area contributed by atoms with Gasteiger partial charge in [-0.1, -0.05) is 35.5 Å². The predicted molar refractivity (Wildman–Crippen MR) is 106 cm³/mol. The first-order valence-corrected chi connectivity index (χ1v) is 9.22. The van der Waals surface area contributed by atoms with Gasteiger partial charge in [-0.15, -0.1) is 17.5 Å². The molecule has 0 bridgehead atoms. The van der Waals surface area contributed by atoms with Crippen LogP contribution in [0.4, 0.5) is 0 Å². The molecule has 0 spiro atoms. The molecule has 1 aliphatic heterocycles. The number of carbonyl (C=O) groups excluding carboxylic acids is 2. The summed E-state index contributed by atoms with van der Waals surface area (Å²) in [6.45, 7) is 1.88. The maximum atomic E-state index is 12.7. The van der Waals surface area contributed by atoms with Crippen LogP contribution in [0.3, 0.4) is 0 Å². The molecule has 1 aromatic heterocycles. The number of halogens is 1. The minimum atomic E-state index is -0.304. The van der Waals surface area contributed by atoms with Crippen molar-refractivity contribution in [2.45, 2.75) is 37.8 Å². The summed E-state index contributed by atoms with van der Waals surface area (Å²) in [7, 11) is 1.36. The molecule has 1 unspecified atom stereocenters. The smallest absolute Gasteiger partial charge is 0.305 e. The normalized spacial score (nSPS) is 15.3. The van der Waals surface area contributed by atoms with E-state index in [1.165, 1.54) is 7.11 Å². The number of hydrogen-bond donors (Lipinski definition) is 2. The van der Waals surface area contributed by atoms with E-state index in [4.69, 9.17) is 4.74 Å². The quantitative estimate of drug-likeness (QED) is 0.681. The van der Waals surface area contributed by atoms with Crippen molar-refractivity contribution in [3.05, 3.63) is 47.8 Å². The molecule has 1 aliphatic rings. The molecule has 3 rings (SSSR count). The van der Waals surface area contributed by atoms with Gasteiger partial charge in [0.2, 0.25) is 0 Å². The predicted octanol–water partition coefficient (Wildman–Crippen LogP) is 2.05. The van der Waals surface area contributed by atoms with Crippen molar-refractivity contribution >= 4 is 24.3 Å². The van der Waals surface area contributed by atoms with E-state index >= 15 is 0 Å². The highest BCUT2D eigenvalue weighted by Gasteiger charge is 2.21. The first-order chi connectivity index (χ1) is 13.2. The van der Waals surface area contributed by atoms with Gasteiger partial charge in [-0.25, -0.2) is 4.68 Å². The minimum Gasteiger partial charge on any atom is -0.469 e. The lowest BCUT2D eigenvalue weighted by atomic mass is 10.0. The van der Waals surface area contributed by atoms with Gasteiger partial charge in [-0.05, 0) is 37.9 Å². The Balaban J connectivity index is 0.00000280. The van der Waals surface area contributed by atoms with Crippen LogP contribution < -0.4 is 10.6 Å². The third-order valence-corrected chi connectivity index (χ3v) is 4.80. The van der Waals surface area contributed by atoms with Gasteiger partial charge in [0.1, 0.15) is 0 Å². The first kappa shape index (κ1) is 21.8. The molecule has 0 saturated carbocycles. The molecule has 1 amide bonds. The number of nitrogens with zero attached hydrogens (tertiary/aromatic N) is 3. The fraction of sp³-hybridized carbons (Fsp3) is 0.474. The Kier molecular flexibility index (Phi) is 8.41. The van der Waals surface area contributed by atoms with Crippen LogP contribution in [0.1, 0.15) is 53.8 Å². The fourth-order valence-corrected chi connectivity index (χ4v) is 3.23. The van der Waals surface area contributed by atoms with E-state index in [2.05, 4.69) is 20.9 Å². The summed E-state index contributed by atoms with van der Waals surface area (Å²) >= 11 is 0. The van der Waals surface area contributed by atoms with E-state index < -0.39 is 0 Å². The molecule has 1 saturated heterocycles. The molecule has 2 heterocycles. The minimum absolute atomic E-state index is 0. The van der Waals surface area contributed by atoms with Crippen LogP contribution in [0.25, 0.3) is 0 Å². The molecule has 1 fully saturated rings. The van der Waals surface area contributed by atoms with E-state index in [0.29, 0.717) is 6.42 Å². The number of piperidine rings is 1. The van der Waals surface area contributed by atoms with Gasteiger partial charge in [0.15, 0.2) is 5.69 Å². The van der Waals surface area contributed by atoms with E-state index in [1.54, 1.807) is 10.9 Å². The highest BCUT2D eigenvalue weighted by atomic mass is 35.5. The van der Waals surface area contributed by atoms with Crippen molar-refractivity contribution in [1.29, 1.82) is 0 Å². The van der Waals surface area contributed by atoms with Crippen LogP contribution in [0, 0.1) is 0 Å². The van der Waals surface area contributed by atoms with Gasteiger partial charge < -0.3 is 15.4 Å². The van der Waals surface area contributed by atoms with Gasteiger partial charge in [0, 0.05) is 6.42 Å². The second-order valence-corrected chi connectivity index (χ2v) is 6.62. The maximum Gasteiger partial charge on any atom is 0.305 e. The monoisotopic (exact) mass is 407 g/mol. The lowest BCUT2D eigenvalue weighted by Gasteiger charge is -2.22. The lowest BCUT2D eigenvalue weighted by Crippen LogP contribution is -2.30. The van der Waals surface area contributed by atoms with E-state index in [1.807, 2.05) is 30.3 Å². The van der Waals surface area contributed by atoms with Crippen LogP contribution in [0.5, 0.6) is 0 Å². The van der Waals surface area contributed by atoms with E-state index in [9.17, 15) is 9.59 Å². The number of rotatable bonds is 7. The second kappa shape index (κ2) is 10.8. The Morgan fingerprint density at radius 3 is 2.68 bits per heavy atom. The molecule has 2 aromatic rings. The van der Waals surface area contributed by atoms with Gasteiger partial charge in [-0.3, -0.25) is 9.59 Å². The summed E-state index contributed by atoms with van der Waals surface area (Å²) in [6, 6.07) is 9.53. The molecule has 8 nitrogen and oxygen atoms in total. The number of nitrogens with one attached hydrogen (secondary N) is 2. The first-order valence-electron chi connectivity index (χ1n) is 9.22. The summed E-state index contributed by atoms with van der Waals surface area (Å²) in [5, 5.41) is 14.4. The van der Waals surface area contributed by atoms with Crippen LogP contribution in [-0.4, -0.2) is 47.1 Å². The molecule has 0 radical (unpaired) electrons. The van der Waals surface area contributed by atoms with Gasteiger partial charge in [-0.2, -0.15) is 0 Å². The van der Waals surface area contributed by atoms with Crippen molar-refractivity contribution in [2.24, 2.45) is 0 Å². The fourth-order valence-electron chi connectivity index (χ4n) is 3.23. The number of hydrogen-bond acceptors (Lipinski definition) is 6. The summed E-state index contributed by atoms with van der Waals surface area (Å²) in [4.78, 5) is 24.2. The maximum absolute atomic E-state index is 12.7.